The van der Waals surface area contributed by atoms with Crippen molar-refractivity contribution >= 4 is 47.4 Å². The summed E-state index contributed by atoms with van der Waals surface area (Å²) in [7, 11) is 0. The molecule has 0 aromatic heterocycles. The summed E-state index contributed by atoms with van der Waals surface area (Å²) in [6.45, 7) is 7.02. The van der Waals surface area contributed by atoms with Crippen LogP contribution in [-0.2, 0) is 4.74 Å². The Bertz CT molecular complexity index is 406. The smallest absolute Gasteiger partial charge is 0.411 e. The molecular weight excluding hydrogens is 323 g/mol. The number of ether oxygens (including phenoxy) is 1. The molecule has 0 aliphatic rings. The van der Waals surface area contributed by atoms with Crippen molar-refractivity contribution in [2.45, 2.75) is 13.8 Å². The number of anilines is 1. The molecule has 0 radical (unpaired) electrons. The number of rotatable bonds is 6. The zero-order chi connectivity index (χ0) is 14.3. The van der Waals surface area contributed by atoms with Gasteiger partial charge >= 0.3 is 6.09 Å². The Hall–Kier alpha value is -0.680. The van der Waals surface area contributed by atoms with E-state index in [9.17, 15) is 4.79 Å². The zero-order valence-electron chi connectivity index (χ0n) is 11.5. The maximum Gasteiger partial charge on any atom is 0.411 e. The van der Waals surface area contributed by atoms with E-state index in [0.717, 1.165) is 13.1 Å². The van der Waals surface area contributed by atoms with Crippen molar-refractivity contribution in [3.8, 4) is 0 Å². The van der Waals surface area contributed by atoms with E-state index in [1.165, 1.54) is 0 Å². The molecule has 0 heterocycles. The van der Waals surface area contributed by atoms with Gasteiger partial charge in [-0.05, 0) is 25.2 Å². The highest BCUT2D eigenvalue weighted by Crippen LogP contribution is 2.29. The summed E-state index contributed by atoms with van der Waals surface area (Å²) < 4.78 is 5.08. The van der Waals surface area contributed by atoms with Gasteiger partial charge in [-0.1, -0.05) is 43.1 Å². The summed E-state index contributed by atoms with van der Waals surface area (Å²) >= 11 is 11.9. The van der Waals surface area contributed by atoms with Gasteiger partial charge in [-0.3, -0.25) is 5.32 Å². The molecule has 4 nitrogen and oxygen atoms in total. The minimum Gasteiger partial charge on any atom is -0.448 e. The standard InChI is InChI=1S/C13H18Cl2N2O2.ClH/c1-3-17(4-2)8-9-19-13(18)16-12-10(14)6-5-7-11(12)15;/h5-7H,3-4,8-9H2,1-2H3,(H,16,18);1H. The number of nitrogens with one attached hydrogen (secondary N) is 1. The van der Waals surface area contributed by atoms with Crippen molar-refractivity contribution in [2.75, 3.05) is 31.6 Å². The average Bonchev–Trinajstić information content (AvgIpc) is 2.39. The number of likely N-dealkylation sites (N-methyl/N-ethyl adjacent to an activating group) is 1. The zero-order valence-corrected chi connectivity index (χ0v) is 13.8. The molecule has 0 aliphatic carbocycles. The van der Waals surface area contributed by atoms with Crippen LogP contribution in [0.4, 0.5) is 10.5 Å². The van der Waals surface area contributed by atoms with Crippen LogP contribution in [0.15, 0.2) is 18.2 Å². The van der Waals surface area contributed by atoms with E-state index in [4.69, 9.17) is 27.9 Å². The number of hydrogen-bond donors (Lipinski definition) is 1. The second-order valence-corrected chi connectivity index (χ2v) is 4.70. The van der Waals surface area contributed by atoms with Gasteiger partial charge < -0.3 is 9.64 Å². The van der Waals surface area contributed by atoms with Crippen LogP contribution in [0.25, 0.3) is 0 Å². The van der Waals surface area contributed by atoms with Crippen LogP contribution >= 0.6 is 35.6 Å². The first kappa shape index (κ1) is 19.3. The second kappa shape index (κ2) is 10.1. The first-order valence-electron chi connectivity index (χ1n) is 6.18. The number of carbonyl (C=O) groups is 1. The van der Waals surface area contributed by atoms with Crippen molar-refractivity contribution in [3.63, 3.8) is 0 Å². The number of halogens is 3. The van der Waals surface area contributed by atoms with E-state index < -0.39 is 6.09 Å². The normalized spacial score (nSPS) is 10.1. The molecule has 0 aliphatic heterocycles. The van der Waals surface area contributed by atoms with Crippen LogP contribution in [0.3, 0.4) is 0 Å². The molecule has 1 amide bonds. The predicted molar refractivity (Wildman–Crippen MR) is 86.5 cm³/mol. The molecule has 0 saturated carbocycles. The number of amides is 1. The molecule has 1 N–H and O–H groups in total. The molecule has 0 atom stereocenters. The van der Waals surface area contributed by atoms with Crippen molar-refractivity contribution < 1.29 is 9.53 Å². The number of carbonyl (C=O) groups excluding carboxylic acids is 1. The van der Waals surface area contributed by atoms with Gasteiger partial charge in [-0.15, -0.1) is 12.4 Å². The minimum atomic E-state index is -0.554. The van der Waals surface area contributed by atoms with Gasteiger partial charge in [-0.25, -0.2) is 4.79 Å². The summed E-state index contributed by atoms with van der Waals surface area (Å²) in [5.41, 5.74) is 0.374. The first-order chi connectivity index (χ1) is 9.08. The largest absolute Gasteiger partial charge is 0.448 e. The summed E-state index contributed by atoms with van der Waals surface area (Å²) in [5, 5.41) is 3.31. The molecule has 0 spiro atoms. The van der Waals surface area contributed by atoms with Crippen molar-refractivity contribution in [1.82, 2.24) is 4.90 Å². The third-order valence-electron chi connectivity index (χ3n) is 2.72. The first-order valence-corrected chi connectivity index (χ1v) is 6.94. The third-order valence-corrected chi connectivity index (χ3v) is 3.35. The number of para-hydroxylation sites is 1. The van der Waals surface area contributed by atoms with Crippen LogP contribution in [0.1, 0.15) is 13.8 Å². The van der Waals surface area contributed by atoms with Gasteiger partial charge in [0, 0.05) is 6.54 Å². The van der Waals surface area contributed by atoms with Gasteiger partial charge in [-0.2, -0.15) is 0 Å². The Morgan fingerprint density at radius 2 is 1.80 bits per heavy atom. The highest BCUT2D eigenvalue weighted by atomic mass is 35.5. The maximum absolute atomic E-state index is 11.6. The van der Waals surface area contributed by atoms with Crippen LogP contribution < -0.4 is 5.32 Å². The molecule has 0 saturated heterocycles. The Labute approximate surface area is 135 Å². The molecule has 0 bridgehead atoms. The molecule has 0 unspecified atom stereocenters. The number of nitrogens with zero attached hydrogens (tertiary/aromatic N) is 1. The van der Waals surface area contributed by atoms with Crippen LogP contribution in [0, 0.1) is 0 Å². The molecule has 1 aromatic carbocycles. The average molecular weight is 342 g/mol. The van der Waals surface area contributed by atoms with E-state index in [2.05, 4.69) is 24.1 Å². The van der Waals surface area contributed by atoms with Crippen molar-refractivity contribution in [1.29, 1.82) is 0 Å². The summed E-state index contributed by atoms with van der Waals surface area (Å²) in [6, 6.07) is 5.01. The van der Waals surface area contributed by atoms with Crippen LogP contribution in [0.2, 0.25) is 10.0 Å². The summed E-state index contributed by atoms with van der Waals surface area (Å²) in [6.07, 6.45) is -0.554. The molecule has 7 heteroatoms. The fraction of sp³-hybridized carbons (Fsp3) is 0.462. The molecule has 114 valence electrons. The van der Waals surface area contributed by atoms with E-state index in [1.807, 2.05) is 0 Å². The van der Waals surface area contributed by atoms with E-state index in [1.54, 1.807) is 18.2 Å². The highest BCUT2D eigenvalue weighted by molar-refractivity contribution is 6.39. The van der Waals surface area contributed by atoms with E-state index >= 15 is 0 Å². The van der Waals surface area contributed by atoms with E-state index in [-0.39, 0.29) is 12.4 Å². The van der Waals surface area contributed by atoms with Gasteiger partial charge in [0.2, 0.25) is 0 Å². The quantitative estimate of drug-likeness (QED) is 0.838. The van der Waals surface area contributed by atoms with Crippen LogP contribution in [-0.4, -0.2) is 37.2 Å². The lowest BCUT2D eigenvalue weighted by Gasteiger charge is -2.17. The fourth-order valence-corrected chi connectivity index (χ4v) is 2.05. The van der Waals surface area contributed by atoms with Gasteiger partial charge in [0.15, 0.2) is 0 Å². The second-order valence-electron chi connectivity index (χ2n) is 3.88. The third kappa shape index (κ3) is 6.18. The monoisotopic (exact) mass is 340 g/mol. The lowest BCUT2D eigenvalue weighted by molar-refractivity contribution is 0.142. The predicted octanol–water partition coefficient (Wildman–Crippen LogP) is 4.31. The van der Waals surface area contributed by atoms with Gasteiger partial charge in [0.1, 0.15) is 6.61 Å². The fourth-order valence-electron chi connectivity index (χ4n) is 1.56. The van der Waals surface area contributed by atoms with Crippen LogP contribution in [0.5, 0.6) is 0 Å². The Morgan fingerprint density at radius 1 is 1.25 bits per heavy atom. The lowest BCUT2D eigenvalue weighted by Crippen LogP contribution is -2.28. The highest BCUT2D eigenvalue weighted by Gasteiger charge is 2.10. The number of benzene rings is 1. The van der Waals surface area contributed by atoms with Gasteiger partial charge in [0.05, 0.1) is 15.7 Å². The number of hydrogen-bond acceptors (Lipinski definition) is 3. The molecular formula is C13H19Cl3N2O2. The molecule has 1 aromatic rings. The minimum absolute atomic E-state index is 0. The van der Waals surface area contributed by atoms with Crippen molar-refractivity contribution in [2.24, 2.45) is 0 Å². The van der Waals surface area contributed by atoms with Crippen molar-refractivity contribution in [3.05, 3.63) is 28.2 Å². The van der Waals surface area contributed by atoms with E-state index in [0.29, 0.717) is 28.9 Å². The maximum atomic E-state index is 11.6. The summed E-state index contributed by atoms with van der Waals surface area (Å²) in [4.78, 5) is 13.8. The molecule has 20 heavy (non-hydrogen) atoms. The SMILES string of the molecule is CCN(CC)CCOC(=O)Nc1c(Cl)cccc1Cl.Cl. The summed E-state index contributed by atoms with van der Waals surface area (Å²) in [5.74, 6) is 0. The Balaban J connectivity index is 0.00000361. The molecule has 1 rings (SSSR count). The Morgan fingerprint density at radius 3 is 2.30 bits per heavy atom. The lowest BCUT2D eigenvalue weighted by atomic mass is 10.3. The molecule has 0 fully saturated rings. The van der Waals surface area contributed by atoms with Gasteiger partial charge in [0.25, 0.3) is 0 Å². The Kier molecular flexibility index (Phi) is 9.76. The topological polar surface area (TPSA) is 41.6 Å².